The van der Waals surface area contributed by atoms with Crippen LogP contribution in [-0.2, 0) is 9.47 Å². The molecule has 0 saturated carbocycles. The lowest BCUT2D eigenvalue weighted by Gasteiger charge is -2.10. The van der Waals surface area contributed by atoms with E-state index >= 15 is 0 Å². The maximum absolute atomic E-state index is 11.3. The van der Waals surface area contributed by atoms with Crippen molar-refractivity contribution in [3.05, 3.63) is 23.7 Å². The van der Waals surface area contributed by atoms with Gasteiger partial charge in [-0.3, -0.25) is 0 Å². The molecule has 5 nitrogen and oxygen atoms in total. The maximum Gasteiger partial charge on any atom is 0.374 e. The Morgan fingerprint density at radius 1 is 1.21 bits per heavy atom. The topological polar surface area (TPSA) is 65.7 Å². The second-order valence-electron chi connectivity index (χ2n) is 2.98. The first-order chi connectivity index (χ1) is 6.66. The van der Waals surface area contributed by atoms with Gasteiger partial charge >= 0.3 is 11.9 Å². The number of esters is 2. The van der Waals surface area contributed by atoms with Crippen LogP contribution in [0.25, 0.3) is 0 Å². The van der Waals surface area contributed by atoms with Crippen LogP contribution in [0.5, 0.6) is 0 Å². The quantitative estimate of drug-likeness (QED) is 0.579. The van der Waals surface area contributed by atoms with Crippen molar-refractivity contribution in [2.24, 2.45) is 0 Å². The molecule has 0 aliphatic carbocycles. The molecule has 1 unspecified atom stereocenters. The van der Waals surface area contributed by atoms with Crippen molar-refractivity contribution < 1.29 is 23.5 Å². The van der Waals surface area contributed by atoms with E-state index in [0.717, 1.165) is 0 Å². The molecular weight excluding hydrogens is 188 g/mol. The first-order valence-corrected chi connectivity index (χ1v) is 4.15. The number of furan rings is 1. The predicted octanol–water partition coefficient (Wildman–Crippen LogP) is 0.995. The average molecular weight is 196 g/mol. The molecule has 0 radical (unpaired) electrons. The number of ether oxygens (including phenoxy) is 2. The summed E-state index contributed by atoms with van der Waals surface area (Å²) in [6.45, 7) is 1.68. The van der Waals surface area contributed by atoms with Crippen molar-refractivity contribution in [1.29, 1.82) is 0 Å². The zero-order valence-corrected chi connectivity index (χ0v) is 7.48. The smallest absolute Gasteiger partial charge is 0.374 e. The van der Waals surface area contributed by atoms with E-state index in [1.807, 2.05) is 0 Å². The van der Waals surface area contributed by atoms with Crippen LogP contribution in [0.3, 0.4) is 0 Å². The third-order valence-corrected chi connectivity index (χ3v) is 1.77. The number of carbonyl (C=O) groups excluding carboxylic acids is 2. The molecule has 5 heteroatoms. The second-order valence-corrected chi connectivity index (χ2v) is 2.98. The van der Waals surface area contributed by atoms with Crippen molar-refractivity contribution in [2.75, 3.05) is 6.61 Å². The fourth-order valence-corrected chi connectivity index (χ4v) is 1.10. The molecule has 1 aromatic rings. The Kier molecular flexibility index (Phi) is 1.99. The molecule has 0 spiro atoms. The zero-order valence-electron chi connectivity index (χ0n) is 7.48. The van der Waals surface area contributed by atoms with Crippen LogP contribution in [0.15, 0.2) is 16.5 Å². The lowest BCUT2D eigenvalue weighted by Crippen LogP contribution is -2.21. The Morgan fingerprint density at radius 2 is 1.86 bits per heavy atom. The summed E-state index contributed by atoms with van der Waals surface area (Å²) in [6.07, 6.45) is -0.462. The monoisotopic (exact) mass is 196 g/mol. The number of hydrogen-bond donors (Lipinski definition) is 0. The van der Waals surface area contributed by atoms with E-state index in [2.05, 4.69) is 0 Å². The summed E-state index contributed by atoms with van der Waals surface area (Å²) in [5, 5.41) is 0. The lowest BCUT2D eigenvalue weighted by atomic mass is 10.4. The molecule has 0 amide bonds. The summed E-state index contributed by atoms with van der Waals surface area (Å²) >= 11 is 0. The summed E-state index contributed by atoms with van der Waals surface area (Å²) in [7, 11) is 0. The molecule has 0 fully saturated rings. The molecule has 1 aliphatic rings. The van der Waals surface area contributed by atoms with E-state index < -0.39 is 18.0 Å². The molecule has 74 valence electrons. The maximum atomic E-state index is 11.3. The molecular formula is C9H8O5. The third kappa shape index (κ3) is 1.48. The summed E-state index contributed by atoms with van der Waals surface area (Å²) in [4.78, 5) is 22.5. The Morgan fingerprint density at radius 3 is 2.57 bits per heavy atom. The molecule has 0 saturated heterocycles. The van der Waals surface area contributed by atoms with Gasteiger partial charge in [0.25, 0.3) is 0 Å². The minimum absolute atomic E-state index is 0.0192. The summed E-state index contributed by atoms with van der Waals surface area (Å²) in [5.41, 5.74) is 0. The minimum atomic E-state index is -0.582. The first kappa shape index (κ1) is 8.80. The highest BCUT2D eigenvalue weighted by molar-refractivity contribution is 5.91. The molecule has 0 aromatic carbocycles. The molecule has 0 N–H and O–H groups in total. The number of hydrogen-bond acceptors (Lipinski definition) is 5. The van der Waals surface area contributed by atoms with Crippen molar-refractivity contribution >= 4 is 11.9 Å². The summed E-state index contributed by atoms with van der Waals surface area (Å²) in [5.74, 6) is -1.12. The Labute approximate surface area is 79.6 Å². The Hall–Kier alpha value is -1.78. The molecule has 1 aliphatic heterocycles. The average Bonchev–Trinajstić information content (AvgIpc) is 2.62. The van der Waals surface area contributed by atoms with Crippen molar-refractivity contribution in [3.63, 3.8) is 0 Å². The van der Waals surface area contributed by atoms with E-state index in [1.165, 1.54) is 12.1 Å². The van der Waals surface area contributed by atoms with Gasteiger partial charge in [-0.25, -0.2) is 9.59 Å². The summed E-state index contributed by atoms with van der Waals surface area (Å²) < 4.78 is 14.6. The molecule has 2 rings (SSSR count). The highest BCUT2D eigenvalue weighted by Gasteiger charge is 2.23. The van der Waals surface area contributed by atoms with Crippen LogP contribution in [0, 0.1) is 0 Å². The standard InChI is InChI=1S/C9H8O5/c1-5-4-12-8(10)6-2-3-7(14-6)9(11)13-5/h2-3,5H,4H2,1H3. The van der Waals surface area contributed by atoms with Gasteiger partial charge in [-0.05, 0) is 19.1 Å². The van der Waals surface area contributed by atoms with Gasteiger partial charge in [-0.2, -0.15) is 0 Å². The summed E-state index contributed by atoms with van der Waals surface area (Å²) in [6, 6.07) is 2.77. The van der Waals surface area contributed by atoms with Crippen LogP contribution in [0.4, 0.5) is 0 Å². The van der Waals surface area contributed by atoms with Crippen LogP contribution in [0.1, 0.15) is 28.0 Å². The van der Waals surface area contributed by atoms with Gasteiger partial charge < -0.3 is 13.9 Å². The SMILES string of the molecule is CC1COC(=O)c2ccc(o2)C(=O)O1. The highest BCUT2D eigenvalue weighted by Crippen LogP contribution is 2.14. The van der Waals surface area contributed by atoms with Gasteiger partial charge in [0.15, 0.2) is 0 Å². The number of carbonyl (C=O) groups is 2. The largest absolute Gasteiger partial charge is 0.456 e. The third-order valence-electron chi connectivity index (χ3n) is 1.77. The van der Waals surface area contributed by atoms with E-state index in [9.17, 15) is 9.59 Å². The molecule has 1 atom stereocenters. The molecule has 14 heavy (non-hydrogen) atoms. The van der Waals surface area contributed by atoms with E-state index in [1.54, 1.807) is 6.92 Å². The fourth-order valence-electron chi connectivity index (χ4n) is 1.10. The van der Waals surface area contributed by atoms with Gasteiger partial charge in [0.1, 0.15) is 12.7 Å². The zero-order chi connectivity index (χ0) is 10.1. The van der Waals surface area contributed by atoms with Crippen LogP contribution < -0.4 is 0 Å². The molecule has 2 bridgehead atoms. The fraction of sp³-hybridized carbons (Fsp3) is 0.333. The second kappa shape index (κ2) is 3.17. The van der Waals surface area contributed by atoms with E-state index in [0.29, 0.717) is 0 Å². The highest BCUT2D eigenvalue weighted by atomic mass is 16.6. The predicted molar refractivity (Wildman–Crippen MR) is 43.9 cm³/mol. The van der Waals surface area contributed by atoms with Gasteiger partial charge in [0, 0.05) is 0 Å². The van der Waals surface area contributed by atoms with Crippen molar-refractivity contribution in [1.82, 2.24) is 0 Å². The van der Waals surface area contributed by atoms with E-state index in [-0.39, 0.29) is 18.1 Å². The Balaban J connectivity index is 2.35. The van der Waals surface area contributed by atoms with Crippen molar-refractivity contribution in [3.8, 4) is 0 Å². The van der Waals surface area contributed by atoms with Gasteiger partial charge in [0.05, 0.1) is 0 Å². The van der Waals surface area contributed by atoms with Gasteiger partial charge in [-0.1, -0.05) is 0 Å². The van der Waals surface area contributed by atoms with E-state index in [4.69, 9.17) is 13.9 Å². The van der Waals surface area contributed by atoms with Crippen molar-refractivity contribution in [2.45, 2.75) is 13.0 Å². The molecule has 1 aromatic heterocycles. The van der Waals surface area contributed by atoms with Crippen LogP contribution >= 0.6 is 0 Å². The number of fused-ring (bicyclic) bond motifs is 2. The van der Waals surface area contributed by atoms with Crippen LogP contribution in [-0.4, -0.2) is 24.6 Å². The molecule has 2 heterocycles. The van der Waals surface area contributed by atoms with Gasteiger partial charge in [0.2, 0.25) is 11.5 Å². The normalized spacial score (nSPS) is 21.6. The minimum Gasteiger partial charge on any atom is -0.456 e. The van der Waals surface area contributed by atoms with Gasteiger partial charge in [-0.15, -0.1) is 0 Å². The lowest BCUT2D eigenvalue weighted by molar-refractivity contribution is 0.00519. The van der Waals surface area contributed by atoms with Crippen LogP contribution in [0.2, 0.25) is 0 Å². The number of cyclic esters (lactones) is 2. The Bertz CT molecular complexity index is 378. The number of rotatable bonds is 0. The first-order valence-electron chi connectivity index (χ1n) is 4.15.